The summed E-state index contributed by atoms with van der Waals surface area (Å²) in [7, 11) is 0. The van der Waals surface area contributed by atoms with Gasteiger partial charge in [0.05, 0.1) is 18.3 Å². The summed E-state index contributed by atoms with van der Waals surface area (Å²) in [6, 6.07) is 6.99. The number of imide groups is 1. The highest BCUT2D eigenvalue weighted by Crippen LogP contribution is 2.37. The van der Waals surface area contributed by atoms with Crippen LogP contribution in [0, 0.1) is 0 Å². The Hall–Kier alpha value is -2.61. The quantitative estimate of drug-likeness (QED) is 0.406. The zero-order valence-electron chi connectivity index (χ0n) is 15.9. The van der Waals surface area contributed by atoms with Crippen molar-refractivity contribution in [2.75, 3.05) is 18.1 Å². The summed E-state index contributed by atoms with van der Waals surface area (Å²) in [5.41, 5.74) is 6.69. The van der Waals surface area contributed by atoms with E-state index < -0.39 is 5.54 Å². The summed E-state index contributed by atoms with van der Waals surface area (Å²) in [5, 5.41) is 5.99. The molecule has 0 bridgehead atoms. The molecule has 2 saturated heterocycles. The third kappa shape index (κ3) is 3.69. The van der Waals surface area contributed by atoms with Crippen molar-refractivity contribution in [3.8, 4) is 0 Å². The molecule has 4 rings (SSSR count). The molecule has 3 fully saturated rings. The van der Waals surface area contributed by atoms with Crippen LogP contribution < -0.4 is 21.3 Å². The van der Waals surface area contributed by atoms with Crippen LogP contribution in [-0.2, 0) is 16.1 Å². The number of ether oxygens (including phenoxy) is 1. The van der Waals surface area contributed by atoms with Gasteiger partial charge in [0, 0.05) is 13.2 Å². The molecule has 1 aliphatic carbocycles. The van der Waals surface area contributed by atoms with Crippen LogP contribution in [0.25, 0.3) is 0 Å². The number of carbonyl (C=O) groups excluding carboxylic acids is 2. The van der Waals surface area contributed by atoms with E-state index in [0.29, 0.717) is 37.6 Å². The lowest BCUT2D eigenvalue weighted by Gasteiger charge is -2.20. The van der Waals surface area contributed by atoms with Gasteiger partial charge in [-0.25, -0.2) is 14.7 Å². The maximum Gasteiger partial charge on any atom is 0.329 e. The zero-order chi connectivity index (χ0) is 19.6. The monoisotopic (exact) mass is 385 g/mol. The average Bonchev–Trinajstić information content (AvgIpc) is 3.42. The zero-order valence-corrected chi connectivity index (χ0v) is 15.9. The van der Waals surface area contributed by atoms with Crippen LogP contribution in [0.4, 0.5) is 10.5 Å². The minimum atomic E-state index is -0.706. The lowest BCUT2D eigenvalue weighted by Crippen LogP contribution is -2.44. The van der Waals surface area contributed by atoms with Crippen LogP contribution >= 0.6 is 0 Å². The Morgan fingerprint density at radius 2 is 2.14 bits per heavy atom. The number of urea groups is 1. The molecule has 2 aliphatic heterocycles. The average molecular weight is 385 g/mol. The van der Waals surface area contributed by atoms with E-state index in [1.54, 1.807) is 6.07 Å². The van der Waals surface area contributed by atoms with E-state index in [9.17, 15) is 9.59 Å². The molecule has 1 aromatic carbocycles. The van der Waals surface area contributed by atoms with Crippen LogP contribution in [-0.4, -0.2) is 42.7 Å². The fourth-order valence-electron chi connectivity index (χ4n) is 4.22. The highest BCUT2D eigenvalue weighted by atomic mass is 16.5. The topological polar surface area (TPSA) is 109 Å². The van der Waals surface area contributed by atoms with Gasteiger partial charge in [-0.05, 0) is 43.4 Å². The summed E-state index contributed by atoms with van der Waals surface area (Å²) in [6.45, 7) is 1.83. The first-order valence-corrected chi connectivity index (χ1v) is 9.98. The highest BCUT2D eigenvalue weighted by molar-refractivity contribution is 6.23. The largest absolute Gasteiger partial charge is 0.376 e. The molecule has 1 saturated carbocycles. The Kier molecular flexibility index (Phi) is 5.21. The summed E-state index contributed by atoms with van der Waals surface area (Å²) < 4.78 is 5.55. The minimum absolute atomic E-state index is 0.145. The smallest absolute Gasteiger partial charge is 0.329 e. The predicted octanol–water partition coefficient (Wildman–Crippen LogP) is 1.64. The Labute approximate surface area is 164 Å². The fraction of sp³-hybridized carbons (Fsp3) is 0.550. The van der Waals surface area contributed by atoms with Crippen molar-refractivity contribution in [2.24, 2.45) is 10.7 Å². The van der Waals surface area contributed by atoms with Gasteiger partial charge in [0.1, 0.15) is 5.54 Å². The first kappa shape index (κ1) is 18.7. The number of rotatable bonds is 5. The van der Waals surface area contributed by atoms with Crippen LogP contribution in [0.3, 0.4) is 0 Å². The number of nitrogens with two attached hydrogens (primary N) is 1. The highest BCUT2D eigenvalue weighted by Gasteiger charge is 2.52. The maximum absolute atomic E-state index is 12.9. The van der Waals surface area contributed by atoms with E-state index in [4.69, 9.17) is 10.5 Å². The summed E-state index contributed by atoms with van der Waals surface area (Å²) in [4.78, 5) is 31.0. The Balaban J connectivity index is 1.41. The number of anilines is 1. The van der Waals surface area contributed by atoms with Gasteiger partial charge in [0.15, 0.2) is 5.96 Å². The molecule has 8 heteroatoms. The van der Waals surface area contributed by atoms with Crippen molar-refractivity contribution in [3.63, 3.8) is 0 Å². The molecule has 1 atom stereocenters. The van der Waals surface area contributed by atoms with E-state index in [1.165, 1.54) is 4.90 Å². The van der Waals surface area contributed by atoms with E-state index >= 15 is 0 Å². The van der Waals surface area contributed by atoms with Crippen molar-refractivity contribution in [1.82, 2.24) is 10.6 Å². The maximum atomic E-state index is 12.9. The van der Waals surface area contributed by atoms with Gasteiger partial charge in [-0.1, -0.05) is 25.0 Å². The first-order valence-electron chi connectivity index (χ1n) is 9.98. The Morgan fingerprint density at radius 1 is 1.32 bits per heavy atom. The molecular weight excluding hydrogens is 358 g/mol. The van der Waals surface area contributed by atoms with Crippen LogP contribution in [0.1, 0.15) is 44.1 Å². The van der Waals surface area contributed by atoms with Gasteiger partial charge in [-0.2, -0.15) is 0 Å². The first-order chi connectivity index (χ1) is 13.6. The minimum Gasteiger partial charge on any atom is -0.376 e. The molecule has 0 aromatic heterocycles. The third-order valence-electron chi connectivity index (χ3n) is 5.75. The molecule has 1 spiro atoms. The molecule has 8 nitrogen and oxygen atoms in total. The number of amides is 3. The number of hydrogen-bond acceptors (Lipinski definition) is 4. The molecule has 0 radical (unpaired) electrons. The number of nitrogens with zero attached hydrogens (tertiary/aromatic N) is 2. The molecule has 3 amide bonds. The molecule has 1 aromatic rings. The second-order valence-electron chi connectivity index (χ2n) is 7.75. The van der Waals surface area contributed by atoms with E-state index in [2.05, 4.69) is 15.6 Å². The molecule has 28 heavy (non-hydrogen) atoms. The van der Waals surface area contributed by atoms with Crippen molar-refractivity contribution in [3.05, 3.63) is 29.8 Å². The molecule has 3 aliphatic rings. The second kappa shape index (κ2) is 7.79. The number of hydrogen-bond donors (Lipinski definition) is 3. The van der Waals surface area contributed by atoms with Gasteiger partial charge < -0.3 is 21.1 Å². The summed E-state index contributed by atoms with van der Waals surface area (Å²) in [6.07, 6.45) is 5.67. The fourth-order valence-corrected chi connectivity index (χ4v) is 4.22. The molecular formula is C20H27N5O3. The van der Waals surface area contributed by atoms with Gasteiger partial charge in [0.25, 0.3) is 5.91 Å². The molecule has 2 heterocycles. The van der Waals surface area contributed by atoms with Gasteiger partial charge in [0.2, 0.25) is 0 Å². The number of benzene rings is 1. The van der Waals surface area contributed by atoms with Crippen LogP contribution in [0.15, 0.2) is 29.3 Å². The van der Waals surface area contributed by atoms with Crippen molar-refractivity contribution in [1.29, 1.82) is 0 Å². The normalized spacial score (nSPS) is 24.2. The lowest BCUT2D eigenvalue weighted by molar-refractivity contribution is -0.121. The van der Waals surface area contributed by atoms with Gasteiger partial charge in [-0.15, -0.1) is 0 Å². The van der Waals surface area contributed by atoms with Crippen LogP contribution in [0.5, 0.6) is 0 Å². The van der Waals surface area contributed by atoms with E-state index in [-0.39, 0.29) is 18.0 Å². The second-order valence-corrected chi connectivity index (χ2v) is 7.75. The number of nitrogens with one attached hydrogen (secondary N) is 2. The lowest BCUT2D eigenvalue weighted by atomic mass is 9.98. The standard InChI is InChI=1S/C20H27N5O3/c21-18(23-13-16-7-4-10-28-16)22-12-14-5-3-6-15(11-14)25-17(26)20(24-19(25)27)8-1-2-9-20/h3,5-6,11,16H,1-2,4,7-10,12-13H2,(H,24,27)(H3,21,22,23). The molecule has 4 N–H and O–H groups in total. The van der Waals surface area contributed by atoms with Crippen molar-refractivity contribution in [2.45, 2.75) is 56.7 Å². The molecule has 1 unspecified atom stereocenters. The Bertz CT molecular complexity index is 782. The van der Waals surface area contributed by atoms with E-state index in [1.807, 2.05) is 18.2 Å². The SMILES string of the molecule is NC(=NCc1cccc(N2C(=O)NC3(CCCC3)C2=O)c1)NCC1CCCO1. The van der Waals surface area contributed by atoms with Gasteiger partial charge in [-0.3, -0.25) is 4.79 Å². The molecule has 150 valence electrons. The van der Waals surface area contributed by atoms with Crippen LogP contribution in [0.2, 0.25) is 0 Å². The number of aliphatic imine (C=N–C) groups is 1. The van der Waals surface area contributed by atoms with E-state index in [0.717, 1.165) is 37.9 Å². The van der Waals surface area contributed by atoms with Gasteiger partial charge >= 0.3 is 6.03 Å². The predicted molar refractivity (Wildman–Crippen MR) is 106 cm³/mol. The number of guanidine groups is 1. The summed E-state index contributed by atoms with van der Waals surface area (Å²) in [5.74, 6) is 0.217. The third-order valence-corrected chi connectivity index (χ3v) is 5.75. The van der Waals surface area contributed by atoms with Crippen molar-refractivity contribution >= 4 is 23.6 Å². The van der Waals surface area contributed by atoms with Crippen molar-refractivity contribution < 1.29 is 14.3 Å². The number of carbonyl (C=O) groups is 2. The Morgan fingerprint density at radius 3 is 2.89 bits per heavy atom. The summed E-state index contributed by atoms with van der Waals surface area (Å²) >= 11 is 0.